The number of rotatable bonds is 8. The van der Waals surface area contributed by atoms with Crippen LogP contribution in [0, 0.1) is 4.91 Å². The third-order valence-corrected chi connectivity index (χ3v) is 5.83. The predicted molar refractivity (Wildman–Crippen MR) is 124 cm³/mol. The number of fused-ring (bicyclic) bond motifs is 2. The van der Waals surface area contributed by atoms with E-state index in [1.165, 1.54) is 0 Å². The zero-order valence-electron chi connectivity index (χ0n) is 17.0. The van der Waals surface area contributed by atoms with Crippen molar-refractivity contribution in [3.8, 4) is 17.1 Å². The topological polar surface area (TPSA) is 116 Å². The van der Waals surface area contributed by atoms with Crippen LogP contribution in [0.5, 0.6) is 5.88 Å². The van der Waals surface area contributed by atoms with Crippen LogP contribution in [0.1, 0.15) is 0 Å². The lowest BCUT2D eigenvalue weighted by molar-refractivity contribution is -0.461. The molecule has 0 saturated heterocycles. The van der Waals surface area contributed by atoms with Crippen LogP contribution in [0.2, 0.25) is 0 Å². The van der Waals surface area contributed by atoms with Crippen molar-refractivity contribution in [2.24, 2.45) is 0 Å². The second-order valence-electron chi connectivity index (χ2n) is 7.63. The summed E-state index contributed by atoms with van der Waals surface area (Å²) in [7, 11) is 1.78. The Hall–Kier alpha value is -2.72. The van der Waals surface area contributed by atoms with Crippen LogP contribution in [0.4, 0.5) is 5.69 Å². The van der Waals surface area contributed by atoms with Gasteiger partial charge in [0.25, 0.3) is 5.69 Å². The molecule has 0 aliphatic carbocycles. The molecule has 1 atom stereocenters. The molecule has 0 saturated carbocycles. The Morgan fingerprint density at radius 2 is 1.90 bits per heavy atom. The van der Waals surface area contributed by atoms with Crippen molar-refractivity contribution < 1.29 is 20.1 Å². The average molecular weight is 488 g/mol. The molecule has 0 bridgehead atoms. The van der Waals surface area contributed by atoms with Crippen LogP contribution in [0.25, 0.3) is 33.1 Å². The molecule has 0 aliphatic heterocycles. The van der Waals surface area contributed by atoms with Gasteiger partial charge >= 0.3 is 0 Å². The van der Waals surface area contributed by atoms with Crippen LogP contribution in [-0.2, 0) is 0 Å². The Morgan fingerprint density at radius 3 is 2.68 bits per heavy atom. The second-order valence-corrected chi connectivity index (χ2v) is 8.55. The molecule has 0 fully saturated rings. The predicted octanol–water partition coefficient (Wildman–Crippen LogP) is 3.48. The monoisotopic (exact) mass is 487 g/mol. The van der Waals surface area contributed by atoms with Gasteiger partial charge in [0, 0.05) is 26.1 Å². The van der Waals surface area contributed by atoms with Gasteiger partial charge in [0.1, 0.15) is 5.69 Å². The fourth-order valence-corrected chi connectivity index (χ4v) is 4.22. The molecule has 4 aromatic rings. The maximum absolute atomic E-state index is 13.3. The molecule has 31 heavy (non-hydrogen) atoms. The molecule has 5 N–H and O–H groups in total. The minimum absolute atomic E-state index is 0.0162. The van der Waals surface area contributed by atoms with Crippen LogP contribution in [-0.4, -0.2) is 74.3 Å². The molecule has 0 spiro atoms. The van der Waals surface area contributed by atoms with Gasteiger partial charge in [-0.3, -0.25) is 4.90 Å². The van der Waals surface area contributed by atoms with Crippen molar-refractivity contribution in [3.05, 3.63) is 51.8 Å². The summed E-state index contributed by atoms with van der Waals surface area (Å²) in [6.45, 7) is 0.488. The Bertz CT molecular complexity index is 1250. The maximum Gasteiger partial charge on any atom is 0.289 e. The number of nitroso groups, excluding NO2 is 1. The van der Waals surface area contributed by atoms with Gasteiger partial charge in [-0.05, 0) is 31.3 Å². The van der Waals surface area contributed by atoms with E-state index in [0.29, 0.717) is 23.5 Å². The normalized spacial score (nSPS) is 12.8. The van der Waals surface area contributed by atoms with Gasteiger partial charge in [0.2, 0.25) is 6.54 Å². The molecular formula is C22H24BrN4O4+. The Kier molecular flexibility index (Phi) is 6.10. The Morgan fingerprint density at radius 1 is 1.13 bits per heavy atom. The van der Waals surface area contributed by atoms with E-state index >= 15 is 0 Å². The van der Waals surface area contributed by atoms with E-state index < -0.39 is 6.10 Å². The van der Waals surface area contributed by atoms with Gasteiger partial charge in [-0.2, -0.15) is 0 Å². The first-order valence-corrected chi connectivity index (χ1v) is 10.7. The van der Waals surface area contributed by atoms with Gasteiger partial charge in [0.15, 0.2) is 5.88 Å². The SMILES string of the molecule is CN(CC[N+](=O)c1c(-c2c(O)[nH]c3cc(Br)ccc23)[nH]c2ccccc12)CC(O)CO. The van der Waals surface area contributed by atoms with Crippen LogP contribution >= 0.6 is 15.9 Å². The van der Waals surface area contributed by atoms with Crippen molar-refractivity contribution in [1.82, 2.24) is 14.9 Å². The number of H-pyrrole nitrogens is 2. The van der Waals surface area contributed by atoms with Crippen LogP contribution < -0.4 is 0 Å². The van der Waals surface area contributed by atoms with Crippen LogP contribution in [0.15, 0.2) is 46.9 Å². The van der Waals surface area contributed by atoms with E-state index in [-0.39, 0.29) is 25.6 Å². The van der Waals surface area contributed by atoms with Gasteiger partial charge in [-0.1, -0.05) is 34.1 Å². The summed E-state index contributed by atoms with van der Waals surface area (Å²) in [5.41, 5.74) is 3.08. The highest BCUT2D eigenvalue weighted by Crippen LogP contribution is 2.44. The number of aromatic hydroxyl groups is 1. The first-order valence-electron chi connectivity index (χ1n) is 9.92. The number of halogens is 1. The number of aromatic amines is 2. The summed E-state index contributed by atoms with van der Waals surface area (Å²) in [6, 6.07) is 13.2. The number of aliphatic hydroxyl groups is 2. The van der Waals surface area contributed by atoms with E-state index in [9.17, 15) is 15.1 Å². The van der Waals surface area contributed by atoms with Crippen molar-refractivity contribution >= 4 is 43.4 Å². The number of aliphatic hydroxyl groups excluding tert-OH is 2. The third-order valence-electron chi connectivity index (χ3n) is 5.34. The summed E-state index contributed by atoms with van der Waals surface area (Å²) in [6.07, 6.45) is -0.851. The minimum Gasteiger partial charge on any atom is -0.494 e. The van der Waals surface area contributed by atoms with E-state index in [1.54, 1.807) is 11.9 Å². The Balaban J connectivity index is 1.76. The minimum atomic E-state index is -0.851. The second kappa shape index (κ2) is 8.80. The first kappa shape index (κ1) is 21.5. The lowest BCUT2D eigenvalue weighted by Gasteiger charge is -2.16. The van der Waals surface area contributed by atoms with Crippen LogP contribution in [0.3, 0.4) is 0 Å². The molecule has 1 unspecified atom stereocenters. The first-order chi connectivity index (χ1) is 14.9. The number of hydrogen-bond acceptors (Lipinski definition) is 5. The molecule has 9 heteroatoms. The number of hydrogen-bond donors (Lipinski definition) is 5. The van der Waals surface area contributed by atoms with Gasteiger partial charge in [0.05, 0.1) is 41.2 Å². The molecule has 0 amide bonds. The smallest absolute Gasteiger partial charge is 0.289 e. The van der Waals surface area contributed by atoms with Crippen molar-refractivity contribution in [2.45, 2.75) is 6.10 Å². The fraction of sp³-hybridized carbons (Fsp3) is 0.273. The number of benzene rings is 2. The zero-order valence-corrected chi connectivity index (χ0v) is 18.6. The quantitative estimate of drug-likeness (QED) is 0.244. The molecule has 0 aliphatic rings. The molecule has 2 heterocycles. The molecule has 0 radical (unpaired) electrons. The van der Waals surface area contributed by atoms with Crippen molar-refractivity contribution in [2.75, 3.05) is 33.3 Å². The van der Waals surface area contributed by atoms with Crippen molar-refractivity contribution in [3.63, 3.8) is 0 Å². The number of nitrogens with zero attached hydrogens (tertiary/aromatic N) is 2. The lowest BCUT2D eigenvalue weighted by Crippen LogP contribution is -2.34. The molecule has 4 rings (SSSR count). The van der Waals surface area contributed by atoms with E-state index in [1.807, 2.05) is 42.5 Å². The van der Waals surface area contributed by atoms with E-state index in [4.69, 9.17) is 5.11 Å². The largest absolute Gasteiger partial charge is 0.494 e. The molecule has 2 aromatic carbocycles. The number of para-hydroxylation sites is 1. The van der Waals surface area contributed by atoms with E-state index in [0.717, 1.165) is 31.0 Å². The summed E-state index contributed by atoms with van der Waals surface area (Å²) >= 11 is 3.44. The molecule has 8 nitrogen and oxygen atoms in total. The summed E-state index contributed by atoms with van der Waals surface area (Å²) in [4.78, 5) is 21.3. The highest BCUT2D eigenvalue weighted by Gasteiger charge is 2.30. The summed E-state index contributed by atoms with van der Waals surface area (Å²) < 4.78 is 1.79. The van der Waals surface area contributed by atoms with Crippen molar-refractivity contribution in [1.29, 1.82) is 0 Å². The average Bonchev–Trinajstić information content (AvgIpc) is 3.27. The summed E-state index contributed by atoms with van der Waals surface area (Å²) in [5, 5.41) is 30.9. The summed E-state index contributed by atoms with van der Waals surface area (Å²) in [5.74, 6) is -0.0162. The standard InChI is InChI=1S/C22H23BrN4O4/c1-26(11-14(29)12-28)8-9-27(31)21-16-4-2-3-5-17(16)24-20(21)19-15-7-6-13(23)10-18(15)25-22(19)30/h2-7,10,14,28-29H,8-9,11-12H2,1H3,(H2-,24,25,30,31)/p+1. The number of likely N-dealkylation sites (N-methyl/N-ethyl adjacent to an activating group) is 1. The number of aromatic nitrogens is 2. The van der Waals surface area contributed by atoms with E-state index in [2.05, 4.69) is 25.9 Å². The molecule has 2 aromatic heterocycles. The van der Waals surface area contributed by atoms with Gasteiger partial charge in [-0.25, -0.2) is 0 Å². The fourth-order valence-electron chi connectivity index (χ4n) is 3.86. The third kappa shape index (κ3) is 4.22. The van der Waals surface area contributed by atoms with Gasteiger partial charge in [-0.15, -0.1) is 0 Å². The molecular weight excluding hydrogens is 464 g/mol. The number of nitrogens with one attached hydrogen (secondary N) is 2. The highest BCUT2D eigenvalue weighted by atomic mass is 79.9. The zero-order chi connectivity index (χ0) is 22.1. The molecule has 162 valence electrons. The van der Waals surface area contributed by atoms with Gasteiger partial charge < -0.3 is 25.3 Å². The Labute approximate surface area is 186 Å². The maximum atomic E-state index is 13.3. The lowest BCUT2D eigenvalue weighted by atomic mass is 10.1. The highest BCUT2D eigenvalue weighted by molar-refractivity contribution is 9.10.